The number of aryl methyl sites for hydroxylation is 1. The molecule has 1 N–H and O–H groups in total. The summed E-state index contributed by atoms with van der Waals surface area (Å²) in [5.41, 5.74) is -0.131. The minimum Gasteiger partial charge on any atom is -0.364 e. The normalized spacial score (nSPS) is 10.4. The first-order valence-electron chi connectivity index (χ1n) is 5.55. The monoisotopic (exact) mass is 282 g/mol. The standard InChI is InChI=1S/C10H11ClN6O2/c11-8-6-9(17(18)19)10(13-7-8)12-2-1-4-16-5-3-14-15-16/h3,5-7H,1-2,4H2,(H,12,13). The summed E-state index contributed by atoms with van der Waals surface area (Å²) < 4.78 is 1.69. The Balaban J connectivity index is 1.90. The second kappa shape index (κ2) is 6.10. The Hall–Kier alpha value is -2.22. The number of nitro groups is 1. The van der Waals surface area contributed by atoms with E-state index in [-0.39, 0.29) is 16.5 Å². The number of pyridine rings is 1. The largest absolute Gasteiger partial charge is 0.364 e. The molecule has 2 heterocycles. The SMILES string of the molecule is O=[N+]([O-])c1cc(Cl)cnc1NCCCn1ccnn1. The van der Waals surface area contributed by atoms with Crippen molar-refractivity contribution in [2.45, 2.75) is 13.0 Å². The van der Waals surface area contributed by atoms with Crippen LogP contribution in [0.1, 0.15) is 6.42 Å². The lowest BCUT2D eigenvalue weighted by molar-refractivity contribution is -0.384. The summed E-state index contributed by atoms with van der Waals surface area (Å²) in [4.78, 5) is 14.2. The van der Waals surface area contributed by atoms with Crippen molar-refractivity contribution in [3.05, 3.63) is 39.8 Å². The van der Waals surface area contributed by atoms with Crippen LogP contribution in [-0.4, -0.2) is 31.4 Å². The van der Waals surface area contributed by atoms with Gasteiger partial charge in [0.2, 0.25) is 5.82 Å². The molecule has 0 aliphatic rings. The highest BCUT2D eigenvalue weighted by Gasteiger charge is 2.15. The molecule has 0 aliphatic heterocycles. The fraction of sp³-hybridized carbons (Fsp3) is 0.300. The summed E-state index contributed by atoms with van der Waals surface area (Å²) in [6.45, 7) is 1.21. The molecule has 0 aliphatic carbocycles. The molecule has 9 heteroatoms. The first kappa shape index (κ1) is 13.2. The van der Waals surface area contributed by atoms with E-state index in [0.717, 1.165) is 6.42 Å². The Morgan fingerprint density at radius 2 is 2.37 bits per heavy atom. The Kier molecular flexibility index (Phi) is 4.24. The van der Waals surface area contributed by atoms with Crippen molar-refractivity contribution >= 4 is 23.1 Å². The maximum absolute atomic E-state index is 10.8. The second-order valence-corrected chi connectivity index (χ2v) is 4.16. The van der Waals surface area contributed by atoms with Gasteiger partial charge in [0.25, 0.3) is 0 Å². The molecule has 0 amide bonds. The van der Waals surface area contributed by atoms with E-state index in [1.165, 1.54) is 12.3 Å². The van der Waals surface area contributed by atoms with E-state index in [4.69, 9.17) is 11.6 Å². The first-order valence-corrected chi connectivity index (χ1v) is 5.92. The maximum atomic E-state index is 10.8. The molecule has 0 bridgehead atoms. The summed E-state index contributed by atoms with van der Waals surface area (Å²) in [7, 11) is 0. The Labute approximate surface area is 113 Å². The zero-order valence-corrected chi connectivity index (χ0v) is 10.6. The van der Waals surface area contributed by atoms with Gasteiger partial charge in [-0.25, -0.2) is 4.98 Å². The predicted octanol–water partition coefficient (Wildman–Crippen LogP) is 1.74. The third-order valence-electron chi connectivity index (χ3n) is 2.36. The molecule has 0 fully saturated rings. The number of nitrogens with one attached hydrogen (secondary N) is 1. The van der Waals surface area contributed by atoms with Crippen LogP contribution < -0.4 is 5.32 Å². The quantitative estimate of drug-likeness (QED) is 0.492. The molecule has 100 valence electrons. The van der Waals surface area contributed by atoms with Gasteiger partial charge in [0.05, 0.1) is 16.1 Å². The summed E-state index contributed by atoms with van der Waals surface area (Å²) >= 11 is 5.68. The Morgan fingerprint density at radius 1 is 1.53 bits per heavy atom. The van der Waals surface area contributed by atoms with Crippen LogP contribution in [0.25, 0.3) is 0 Å². The van der Waals surface area contributed by atoms with Crippen molar-refractivity contribution in [3.63, 3.8) is 0 Å². The minimum absolute atomic E-state index is 0.131. The summed E-state index contributed by atoms with van der Waals surface area (Å²) in [6, 6.07) is 1.27. The van der Waals surface area contributed by atoms with E-state index in [0.29, 0.717) is 13.1 Å². The molecule has 0 unspecified atom stereocenters. The molecule has 8 nitrogen and oxygen atoms in total. The molecule has 2 rings (SSSR count). The van der Waals surface area contributed by atoms with Gasteiger partial charge in [-0.2, -0.15) is 0 Å². The Morgan fingerprint density at radius 3 is 3.05 bits per heavy atom. The first-order chi connectivity index (χ1) is 9.16. The molecule has 2 aromatic rings. The van der Waals surface area contributed by atoms with E-state index in [1.54, 1.807) is 17.1 Å². The number of anilines is 1. The molecule has 0 saturated carbocycles. The van der Waals surface area contributed by atoms with Gasteiger partial charge in [0.1, 0.15) is 0 Å². The molecule has 0 atom stereocenters. The van der Waals surface area contributed by atoms with Crippen molar-refractivity contribution in [3.8, 4) is 0 Å². The number of halogens is 1. The highest BCUT2D eigenvalue weighted by Crippen LogP contribution is 2.24. The van der Waals surface area contributed by atoms with Gasteiger partial charge < -0.3 is 5.32 Å². The maximum Gasteiger partial charge on any atom is 0.312 e. The molecule has 0 aromatic carbocycles. The van der Waals surface area contributed by atoms with Gasteiger partial charge in [0.15, 0.2) is 0 Å². The number of rotatable bonds is 6. The van der Waals surface area contributed by atoms with Crippen LogP contribution >= 0.6 is 11.6 Å². The zero-order valence-electron chi connectivity index (χ0n) is 9.86. The second-order valence-electron chi connectivity index (χ2n) is 3.72. The van der Waals surface area contributed by atoms with Gasteiger partial charge in [0, 0.05) is 31.5 Å². The van der Waals surface area contributed by atoms with Crippen LogP contribution in [0.3, 0.4) is 0 Å². The van der Waals surface area contributed by atoms with Crippen LogP contribution in [0.15, 0.2) is 24.7 Å². The van der Waals surface area contributed by atoms with Crippen molar-refractivity contribution in [2.75, 3.05) is 11.9 Å². The van der Waals surface area contributed by atoms with Gasteiger partial charge in [-0.1, -0.05) is 16.8 Å². The highest BCUT2D eigenvalue weighted by molar-refractivity contribution is 6.30. The van der Waals surface area contributed by atoms with Gasteiger partial charge in [-0.3, -0.25) is 14.8 Å². The van der Waals surface area contributed by atoms with E-state index < -0.39 is 4.92 Å². The van der Waals surface area contributed by atoms with Crippen molar-refractivity contribution < 1.29 is 4.92 Å². The number of hydrogen-bond acceptors (Lipinski definition) is 6. The predicted molar refractivity (Wildman–Crippen MR) is 69.0 cm³/mol. The van der Waals surface area contributed by atoms with Crippen LogP contribution in [0.5, 0.6) is 0 Å². The van der Waals surface area contributed by atoms with Crippen molar-refractivity contribution in [1.29, 1.82) is 0 Å². The van der Waals surface area contributed by atoms with Gasteiger partial charge in [-0.15, -0.1) is 5.10 Å². The van der Waals surface area contributed by atoms with Gasteiger partial charge >= 0.3 is 5.69 Å². The van der Waals surface area contributed by atoms with Crippen LogP contribution in [0, 0.1) is 10.1 Å². The summed E-state index contributed by atoms with van der Waals surface area (Å²) in [6.07, 6.45) is 5.46. The van der Waals surface area contributed by atoms with Crippen LogP contribution in [-0.2, 0) is 6.54 Å². The molecule has 2 aromatic heterocycles. The number of aromatic nitrogens is 4. The number of nitrogens with zero attached hydrogens (tertiary/aromatic N) is 5. The Bertz CT molecular complexity index is 559. The topological polar surface area (TPSA) is 98.8 Å². The summed E-state index contributed by atoms with van der Waals surface area (Å²) in [5.74, 6) is 0.216. The highest BCUT2D eigenvalue weighted by atomic mass is 35.5. The molecular formula is C10H11ClN6O2. The third kappa shape index (κ3) is 3.62. The van der Waals surface area contributed by atoms with Crippen molar-refractivity contribution in [1.82, 2.24) is 20.0 Å². The van der Waals surface area contributed by atoms with Crippen LogP contribution in [0.2, 0.25) is 5.02 Å². The number of hydrogen-bond donors (Lipinski definition) is 1. The minimum atomic E-state index is -0.515. The smallest absolute Gasteiger partial charge is 0.312 e. The molecular weight excluding hydrogens is 272 g/mol. The van der Waals surface area contributed by atoms with Gasteiger partial charge in [-0.05, 0) is 6.42 Å². The molecule has 0 spiro atoms. The molecule has 0 saturated heterocycles. The average Bonchev–Trinajstić information content (AvgIpc) is 2.89. The van der Waals surface area contributed by atoms with Crippen LogP contribution in [0.4, 0.5) is 11.5 Å². The van der Waals surface area contributed by atoms with Crippen molar-refractivity contribution in [2.24, 2.45) is 0 Å². The lowest BCUT2D eigenvalue weighted by Gasteiger charge is -2.06. The van der Waals surface area contributed by atoms with E-state index in [9.17, 15) is 10.1 Å². The third-order valence-corrected chi connectivity index (χ3v) is 2.57. The fourth-order valence-electron chi connectivity index (χ4n) is 1.50. The lowest BCUT2D eigenvalue weighted by atomic mass is 10.3. The molecule has 0 radical (unpaired) electrons. The summed E-state index contributed by atoms with van der Waals surface area (Å²) in [5, 5.41) is 21.5. The van der Waals surface area contributed by atoms with E-state index in [2.05, 4.69) is 20.6 Å². The zero-order chi connectivity index (χ0) is 13.7. The average molecular weight is 283 g/mol. The fourth-order valence-corrected chi connectivity index (χ4v) is 1.66. The molecule has 19 heavy (non-hydrogen) atoms. The lowest BCUT2D eigenvalue weighted by Crippen LogP contribution is -2.09. The van der Waals surface area contributed by atoms with E-state index >= 15 is 0 Å². The van der Waals surface area contributed by atoms with E-state index in [1.807, 2.05) is 0 Å².